The molecule has 0 aliphatic carbocycles. The van der Waals surface area contributed by atoms with Gasteiger partial charge < -0.3 is 18.9 Å². The fourth-order valence-electron chi connectivity index (χ4n) is 4.48. The van der Waals surface area contributed by atoms with Crippen LogP contribution in [0.2, 0.25) is 0 Å². The van der Waals surface area contributed by atoms with Gasteiger partial charge in [0, 0.05) is 30.4 Å². The summed E-state index contributed by atoms with van der Waals surface area (Å²) in [6.07, 6.45) is 6.36. The summed E-state index contributed by atoms with van der Waals surface area (Å²) < 4.78 is 14.2. The Balaban J connectivity index is 1.42. The highest BCUT2D eigenvalue weighted by Crippen LogP contribution is 2.26. The number of aromatic nitrogens is 2. The number of hydrogen-bond donors (Lipinski definition) is 0. The minimum absolute atomic E-state index is 0.561. The number of benzene rings is 3. The summed E-state index contributed by atoms with van der Waals surface area (Å²) >= 11 is 0. The maximum atomic E-state index is 6.00. The zero-order valence-electron chi connectivity index (χ0n) is 23.1. The lowest BCUT2D eigenvalue weighted by molar-refractivity contribution is 0.249. The average Bonchev–Trinajstić information content (AvgIpc) is 3.40. The van der Waals surface area contributed by atoms with E-state index in [9.17, 15) is 0 Å². The van der Waals surface area contributed by atoms with Crippen molar-refractivity contribution in [2.75, 3.05) is 26.2 Å². The number of aryl methyl sites for hydroxylation is 1. The molecule has 5 heteroatoms. The van der Waals surface area contributed by atoms with Crippen LogP contribution in [0.1, 0.15) is 51.4 Å². The Hall–Kier alpha value is -3.57. The molecular formula is C33H41N3O2. The fourth-order valence-corrected chi connectivity index (χ4v) is 4.48. The third-order valence-electron chi connectivity index (χ3n) is 6.83. The molecule has 0 N–H and O–H groups in total. The van der Waals surface area contributed by atoms with Crippen LogP contribution in [0.4, 0.5) is 0 Å². The van der Waals surface area contributed by atoms with E-state index in [0.717, 1.165) is 91.8 Å². The molecule has 0 aliphatic heterocycles. The third kappa shape index (κ3) is 7.72. The maximum Gasteiger partial charge on any atom is 0.119 e. The van der Waals surface area contributed by atoms with Crippen LogP contribution in [-0.4, -0.2) is 40.7 Å². The van der Waals surface area contributed by atoms with Crippen molar-refractivity contribution < 1.29 is 9.47 Å². The maximum absolute atomic E-state index is 6.00. The number of hydrogen-bond acceptors (Lipinski definition) is 4. The highest BCUT2D eigenvalue weighted by molar-refractivity contribution is 5.61. The lowest BCUT2D eigenvalue weighted by atomic mass is 10.1. The Morgan fingerprint density at radius 2 is 1.45 bits per heavy atom. The van der Waals surface area contributed by atoms with E-state index in [1.54, 1.807) is 0 Å². The molecule has 0 amide bonds. The third-order valence-corrected chi connectivity index (χ3v) is 6.83. The van der Waals surface area contributed by atoms with Gasteiger partial charge in [0.05, 0.1) is 12.3 Å². The van der Waals surface area contributed by atoms with Gasteiger partial charge in [-0.2, -0.15) is 0 Å². The van der Waals surface area contributed by atoms with Crippen LogP contribution in [-0.2, 0) is 13.0 Å². The first-order valence-electron chi connectivity index (χ1n) is 14.0. The van der Waals surface area contributed by atoms with Gasteiger partial charge in [0.15, 0.2) is 0 Å². The Morgan fingerprint density at radius 1 is 0.763 bits per heavy atom. The summed E-state index contributed by atoms with van der Waals surface area (Å²) in [5, 5.41) is 0. The molecule has 0 bridgehead atoms. The molecular weight excluding hydrogens is 470 g/mol. The average molecular weight is 512 g/mol. The van der Waals surface area contributed by atoms with E-state index in [1.807, 2.05) is 30.3 Å². The van der Waals surface area contributed by atoms with E-state index in [-0.39, 0.29) is 0 Å². The van der Waals surface area contributed by atoms with E-state index in [1.165, 1.54) is 0 Å². The second-order valence-electron chi connectivity index (χ2n) is 9.54. The smallest absolute Gasteiger partial charge is 0.119 e. The molecule has 38 heavy (non-hydrogen) atoms. The molecule has 0 spiro atoms. The summed E-state index contributed by atoms with van der Waals surface area (Å²) in [7, 11) is 0. The van der Waals surface area contributed by atoms with Crippen molar-refractivity contribution in [2.24, 2.45) is 0 Å². The van der Waals surface area contributed by atoms with Crippen LogP contribution in [0.15, 0.2) is 85.1 Å². The molecule has 1 aromatic heterocycles. The van der Waals surface area contributed by atoms with Crippen molar-refractivity contribution in [2.45, 2.75) is 53.1 Å². The zero-order chi connectivity index (χ0) is 26.6. The van der Waals surface area contributed by atoms with Gasteiger partial charge in [0.25, 0.3) is 0 Å². The number of ether oxygens (including phenoxy) is 2. The van der Waals surface area contributed by atoms with Gasteiger partial charge in [-0.25, -0.2) is 4.98 Å². The summed E-state index contributed by atoms with van der Waals surface area (Å²) in [6.45, 7) is 11.2. The largest absolute Gasteiger partial charge is 0.494 e. The Morgan fingerprint density at radius 3 is 2.13 bits per heavy atom. The molecule has 1 heterocycles. The monoisotopic (exact) mass is 511 g/mol. The molecule has 0 saturated carbocycles. The first-order valence-corrected chi connectivity index (χ1v) is 14.0. The molecule has 0 aliphatic rings. The molecule has 0 fully saturated rings. The quantitative estimate of drug-likeness (QED) is 0.154. The summed E-state index contributed by atoms with van der Waals surface area (Å²) in [5.74, 6) is 2.85. The number of rotatable bonds is 15. The van der Waals surface area contributed by atoms with Gasteiger partial charge in [-0.05, 0) is 80.0 Å². The summed E-state index contributed by atoms with van der Waals surface area (Å²) in [6, 6.07) is 26.8. The summed E-state index contributed by atoms with van der Waals surface area (Å²) in [4.78, 5) is 7.44. The lowest BCUT2D eigenvalue weighted by Crippen LogP contribution is -2.25. The van der Waals surface area contributed by atoms with Crippen LogP contribution in [0, 0.1) is 0 Å². The van der Waals surface area contributed by atoms with E-state index >= 15 is 0 Å². The highest BCUT2D eigenvalue weighted by Gasteiger charge is 2.12. The molecule has 5 nitrogen and oxygen atoms in total. The van der Waals surface area contributed by atoms with Crippen LogP contribution in [0.5, 0.6) is 11.5 Å². The SMILES string of the molecule is CCCCc1nc(-c2ccc(OCc3ccccc3)cc2)cn1-c1ccc(OCCCN(CC)CC)cc1. The molecule has 0 atom stereocenters. The van der Waals surface area contributed by atoms with Gasteiger partial charge in [0.2, 0.25) is 0 Å². The molecule has 0 radical (unpaired) electrons. The van der Waals surface area contributed by atoms with Crippen molar-refractivity contribution in [1.82, 2.24) is 14.5 Å². The standard InChI is InChI=1S/C33H41N3O2/c1-4-7-14-33-34-32(28-15-19-31(20-16-28)38-26-27-12-9-8-10-13-27)25-36(33)29-17-21-30(22-18-29)37-24-11-23-35(5-2)6-3/h8-10,12-13,15-22,25H,4-7,11,14,23-24,26H2,1-3H3. The summed E-state index contributed by atoms with van der Waals surface area (Å²) in [5.41, 5.74) is 4.32. The first-order chi connectivity index (χ1) is 18.7. The van der Waals surface area contributed by atoms with Crippen LogP contribution in [0.25, 0.3) is 16.9 Å². The predicted octanol–water partition coefficient (Wildman–Crippen LogP) is 7.57. The lowest BCUT2D eigenvalue weighted by Gasteiger charge is -2.17. The first kappa shape index (κ1) is 27.5. The van der Waals surface area contributed by atoms with Gasteiger partial charge in [-0.15, -0.1) is 0 Å². The van der Waals surface area contributed by atoms with E-state index in [2.05, 4.69) is 85.0 Å². The van der Waals surface area contributed by atoms with Crippen molar-refractivity contribution in [3.63, 3.8) is 0 Å². The van der Waals surface area contributed by atoms with Crippen LogP contribution in [0.3, 0.4) is 0 Å². The van der Waals surface area contributed by atoms with Crippen molar-refractivity contribution in [1.29, 1.82) is 0 Å². The Kier molecular flexibility index (Phi) is 10.4. The predicted molar refractivity (Wildman–Crippen MR) is 156 cm³/mol. The van der Waals surface area contributed by atoms with Crippen molar-refractivity contribution >= 4 is 0 Å². The van der Waals surface area contributed by atoms with Gasteiger partial charge >= 0.3 is 0 Å². The van der Waals surface area contributed by atoms with Crippen LogP contribution >= 0.6 is 0 Å². The topological polar surface area (TPSA) is 39.5 Å². The van der Waals surface area contributed by atoms with E-state index in [0.29, 0.717) is 6.61 Å². The zero-order valence-corrected chi connectivity index (χ0v) is 23.1. The number of unbranched alkanes of at least 4 members (excludes halogenated alkanes) is 1. The minimum Gasteiger partial charge on any atom is -0.494 e. The molecule has 0 unspecified atom stereocenters. The number of nitrogens with zero attached hydrogens (tertiary/aromatic N) is 3. The molecule has 3 aromatic carbocycles. The van der Waals surface area contributed by atoms with Crippen molar-refractivity contribution in [3.05, 3.63) is 96.4 Å². The molecule has 0 saturated heterocycles. The van der Waals surface area contributed by atoms with Gasteiger partial charge in [-0.3, -0.25) is 0 Å². The normalized spacial score (nSPS) is 11.2. The highest BCUT2D eigenvalue weighted by atomic mass is 16.5. The second-order valence-corrected chi connectivity index (χ2v) is 9.54. The molecule has 4 aromatic rings. The van der Waals surface area contributed by atoms with Gasteiger partial charge in [-0.1, -0.05) is 57.5 Å². The van der Waals surface area contributed by atoms with Gasteiger partial charge in [0.1, 0.15) is 23.9 Å². The second kappa shape index (κ2) is 14.4. The van der Waals surface area contributed by atoms with Crippen molar-refractivity contribution in [3.8, 4) is 28.4 Å². The molecule has 200 valence electrons. The fraction of sp³-hybridized carbons (Fsp3) is 0.364. The van der Waals surface area contributed by atoms with Crippen LogP contribution < -0.4 is 9.47 Å². The van der Waals surface area contributed by atoms with E-state index in [4.69, 9.17) is 14.5 Å². The number of imidazole rings is 1. The Labute approximate surface area is 228 Å². The Bertz CT molecular complexity index is 1210. The van der Waals surface area contributed by atoms with E-state index < -0.39 is 0 Å². The molecule has 4 rings (SSSR count). The minimum atomic E-state index is 0.561.